The number of rotatable bonds is 19. The van der Waals surface area contributed by atoms with Crippen LogP contribution in [-0.4, -0.2) is 82.9 Å². The largest absolute Gasteiger partial charge is 1.00 e. The SMILES string of the molecule is NCCOC1CCC(Nc2ccc([N+](=O)[O-])c(C(F)(F)F)c2)CC1.O=C(CCC1Cc2cc(Cl)ccc2O1)C(=O)NOC1CCC(Nc2ccc([N+](=O)[O-])c(C(F)(F)F)c2)CC1.O=C([O-])C(=O)CCC1Cc2cc(Cl)ccc2O1.[Li+]. The number of alkyl halides is 6. The molecule has 19 nitrogen and oxygen atoms in total. The second-order valence-electron chi connectivity index (χ2n) is 19.0. The number of nitro benzene ring substituents is 2. The van der Waals surface area contributed by atoms with Crippen LogP contribution in [-0.2, 0) is 53.9 Å². The van der Waals surface area contributed by atoms with E-state index in [1.165, 1.54) is 12.1 Å². The summed E-state index contributed by atoms with van der Waals surface area (Å²) in [7, 11) is 0. The zero-order valence-corrected chi connectivity index (χ0v) is 44.5. The van der Waals surface area contributed by atoms with E-state index in [2.05, 4.69) is 16.1 Å². The van der Waals surface area contributed by atoms with Crippen LogP contribution < -0.4 is 55.3 Å². The minimum atomic E-state index is -4.86. The zero-order chi connectivity index (χ0) is 57.6. The van der Waals surface area contributed by atoms with E-state index in [1.54, 1.807) is 24.3 Å². The molecule has 0 spiro atoms. The van der Waals surface area contributed by atoms with Gasteiger partial charge >= 0.3 is 37.1 Å². The molecule has 28 heteroatoms. The number of carbonyl (C=O) groups is 4. The number of amides is 1. The van der Waals surface area contributed by atoms with Gasteiger partial charge in [-0.05, 0) is 136 Å². The van der Waals surface area contributed by atoms with Crippen LogP contribution in [0.5, 0.6) is 11.5 Å². The average molecular weight is 1160 g/mol. The number of Topliss-reactive ketones (excluding diaryl/α,β-unsaturated/α-hetero) is 2. The van der Waals surface area contributed by atoms with Crippen LogP contribution in [0.25, 0.3) is 0 Å². The Morgan fingerprint density at radius 3 is 1.46 bits per heavy atom. The number of aliphatic carboxylic acids is 1. The molecule has 0 bridgehead atoms. The van der Waals surface area contributed by atoms with Crippen molar-refractivity contribution >= 4 is 69.4 Å². The molecule has 2 aliphatic heterocycles. The Balaban J connectivity index is 0.000000239. The molecule has 2 heterocycles. The number of carbonyl (C=O) groups excluding carboxylic acids is 4. The number of halogens is 8. The number of nitrogens with two attached hydrogens (primary N) is 1. The second kappa shape index (κ2) is 29.5. The summed E-state index contributed by atoms with van der Waals surface area (Å²) in [6.45, 7) is 0.960. The first-order valence-electron chi connectivity index (χ1n) is 25.1. The van der Waals surface area contributed by atoms with Gasteiger partial charge in [-0.15, -0.1) is 0 Å². The molecule has 2 saturated carbocycles. The number of ether oxygens (including phenoxy) is 3. The van der Waals surface area contributed by atoms with Gasteiger partial charge in [0.25, 0.3) is 11.4 Å². The Kier molecular flexibility index (Phi) is 23.8. The number of ketones is 2. The van der Waals surface area contributed by atoms with Crippen LogP contribution in [0.4, 0.5) is 49.1 Å². The van der Waals surface area contributed by atoms with Crippen LogP contribution in [0.3, 0.4) is 0 Å². The van der Waals surface area contributed by atoms with E-state index >= 15 is 0 Å². The Morgan fingerprint density at radius 2 is 1.06 bits per heavy atom. The fraction of sp³-hybridized carbons (Fsp3) is 0.462. The molecule has 2 atom stereocenters. The van der Waals surface area contributed by atoms with Crippen LogP contribution in [0.2, 0.25) is 10.0 Å². The minimum Gasteiger partial charge on any atom is -0.542 e. The normalized spacial score (nSPS) is 20.0. The number of benzene rings is 4. The van der Waals surface area contributed by atoms with Crippen molar-refractivity contribution in [1.29, 1.82) is 0 Å². The number of nitrogens with zero attached hydrogens (tertiary/aromatic N) is 2. The topological polar surface area (TPSA) is 277 Å². The smallest absolute Gasteiger partial charge is 0.542 e. The molecule has 2 aliphatic carbocycles. The first kappa shape index (κ1) is 64.6. The molecular weight excluding hydrogens is 1110 g/mol. The Bertz CT molecular complexity index is 2840. The van der Waals surface area contributed by atoms with Gasteiger partial charge in [0, 0.05) is 77.9 Å². The molecule has 4 aliphatic rings. The quantitative estimate of drug-likeness (QED) is 0.0258. The Labute approximate surface area is 476 Å². The Morgan fingerprint density at radius 1 is 0.637 bits per heavy atom. The average Bonchev–Trinajstić information content (AvgIpc) is 4.07. The van der Waals surface area contributed by atoms with Crippen molar-refractivity contribution in [3.8, 4) is 11.5 Å². The molecule has 1 amide bonds. The van der Waals surface area contributed by atoms with Crippen molar-refractivity contribution in [1.82, 2.24) is 5.48 Å². The second-order valence-corrected chi connectivity index (χ2v) is 19.9. The molecule has 5 N–H and O–H groups in total. The van der Waals surface area contributed by atoms with Gasteiger partial charge < -0.3 is 40.5 Å². The molecule has 0 aromatic heterocycles. The number of carboxylic acids is 1. The molecule has 0 radical (unpaired) electrons. The van der Waals surface area contributed by atoms with Crippen molar-refractivity contribution in [2.45, 2.75) is 139 Å². The molecule has 2 fully saturated rings. The molecule has 428 valence electrons. The maximum atomic E-state index is 13.2. The number of hydrogen-bond donors (Lipinski definition) is 4. The predicted molar refractivity (Wildman–Crippen MR) is 272 cm³/mol. The summed E-state index contributed by atoms with van der Waals surface area (Å²) in [4.78, 5) is 70.5. The first-order valence-corrected chi connectivity index (χ1v) is 25.8. The number of nitro groups is 2. The third-order valence-corrected chi connectivity index (χ3v) is 13.7. The van der Waals surface area contributed by atoms with E-state index in [0.717, 1.165) is 72.6 Å². The summed E-state index contributed by atoms with van der Waals surface area (Å²) >= 11 is 11.8. The number of hydroxylamine groups is 1. The number of anilines is 2. The first-order chi connectivity index (χ1) is 37.4. The van der Waals surface area contributed by atoms with E-state index in [-0.39, 0.29) is 79.6 Å². The number of hydrogen-bond acceptors (Lipinski definition) is 16. The van der Waals surface area contributed by atoms with Gasteiger partial charge in [-0.25, -0.2) is 5.48 Å². The van der Waals surface area contributed by atoms with Gasteiger partial charge in [0.05, 0.1) is 28.7 Å². The summed E-state index contributed by atoms with van der Waals surface area (Å²) in [5.41, 5.74) is 5.40. The van der Waals surface area contributed by atoms with Crippen molar-refractivity contribution in [3.63, 3.8) is 0 Å². The van der Waals surface area contributed by atoms with Gasteiger partial charge in [-0.1, -0.05) is 23.2 Å². The minimum absolute atomic E-state index is 0. The molecule has 2 unspecified atom stereocenters. The summed E-state index contributed by atoms with van der Waals surface area (Å²) in [5, 5.41) is 39.2. The molecule has 80 heavy (non-hydrogen) atoms. The van der Waals surface area contributed by atoms with Crippen LogP contribution in [0, 0.1) is 20.2 Å². The standard InChI is InChI=1S/C25H25ClF3N3O6.C15H20F3N3O3.C12H11ClO4.Li/c26-15-1-10-23-14(11-15)12-19(37-23)7-9-22(33)24(34)31-38-18-5-2-16(3-6-18)30-17-4-8-21(32(35)36)20(13-17)25(27,28)29;16-15(17,18)13-9-11(3-6-14(13)21(22)23)20-10-1-4-12(5-2-10)24-8-7-19;13-8-1-4-11-7(5-8)6-9(17-11)2-3-10(14)12(15)16;/h1,4,8,10-11,13,16,18-19,30H,2-3,5-7,9,12H2,(H,31,34);3,6,9-10,12,20H,1-2,4-5,7-8,19H2;1,4-5,9H,2-3,6H2,(H,15,16);/q;;;+1/p-1. The number of fused-ring (bicyclic) bond motifs is 2. The fourth-order valence-corrected chi connectivity index (χ4v) is 9.71. The van der Waals surface area contributed by atoms with E-state index in [4.69, 9.17) is 48.0 Å². The third kappa shape index (κ3) is 19.2. The molecule has 0 saturated heterocycles. The molecule has 4 aromatic carbocycles. The monoisotopic (exact) mass is 1160 g/mol. The van der Waals surface area contributed by atoms with Gasteiger partial charge in [-0.3, -0.25) is 39.4 Å². The van der Waals surface area contributed by atoms with Crippen molar-refractivity contribution in [3.05, 3.63) is 125 Å². The van der Waals surface area contributed by atoms with Crippen LogP contribution in [0.15, 0.2) is 72.8 Å². The van der Waals surface area contributed by atoms with E-state index in [0.29, 0.717) is 74.6 Å². The summed E-state index contributed by atoms with van der Waals surface area (Å²) < 4.78 is 95.4. The fourth-order valence-electron chi connectivity index (χ4n) is 9.32. The molecule has 4 aromatic rings. The maximum Gasteiger partial charge on any atom is 1.00 e. The van der Waals surface area contributed by atoms with Gasteiger partial charge in [0.2, 0.25) is 5.78 Å². The van der Waals surface area contributed by atoms with E-state index in [1.807, 2.05) is 12.1 Å². The Hall–Kier alpha value is -6.20. The van der Waals surface area contributed by atoms with E-state index in [9.17, 15) is 70.9 Å². The van der Waals surface area contributed by atoms with Crippen molar-refractivity contribution in [2.24, 2.45) is 5.73 Å². The van der Waals surface area contributed by atoms with Crippen molar-refractivity contribution < 1.29 is 98.4 Å². The number of nitrogens with one attached hydrogen (secondary N) is 3. The maximum absolute atomic E-state index is 13.2. The number of carboxylic acid groups (broad SMARTS) is 1. The van der Waals surface area contributed by atoms with Crippen molar-refractivity contribution in [2.75, 3.05) is 23.8 Å². The van der Waals surface area contributed by atoms with Gasteiger partial charge in [0.1, 0.15) is 40.8 Å². The zero-order valence-electron chi connectivity index (χ0n) is 43.0. The summed E-state index contributed by atoms with van der Waals surface area (Å²) in [6.07, 6.45) is -3.15. The van der Waals surface area contributed by atoms with Gasteiger partial charge in [-0.2, -0.15) is 26.3 Å². The van der Waals surface area contributed by atoms with Crippen LogP contribution >= 0.6 is 23.2 Å². The molecular formula is C52H55Cl2F6LiN6O13. The van der Waals surface area contributed by atoms with Gasteiger partial charge in [0.15, 0.2) is 5.78 Å². The predicted octanol–water partition coefficient (Wildman–Crippen LogP) is 6.45. The van der Waals surface area contributed by atoms with E-state index < -0.39 is 68.1 Å². The molecule has 8 rings (SSSR count). The summed E-state index contributed by atoms with van der Waals surface area (Å²) in [6, 6.07) is 16.3. The van der Waals surface area contributed by atoms with Crippen LogP contribution in [0.1, 0.15) is 99.3 Å². The summed E-state index contributed by atoms with van der Waals surface area (Å²) in [5.74, 6) is -2.53. The third-order valence-electron chi connectivity index (χ3n) is 13.3.